The first-order valence-corrected chi connectivity index (χ1v) is 7.13. The Hall–Kier alpha value is -2.03. The summed E-state index contributed by atoms with van der Waals surface area (Å²) in [5.74, 6) is 0.980. The van der Waals surface area contributed by atoms with Crippen molar-refractivity contribution in [3.8, 4) is 0 Å². The average molecular weight is 267 g/mol. The number of para-hydroxylation sites is 1. The average Bonchev–Trinajstić information content (AvgIpc) is 2.46. The fourth-order valence-corrected chi connectivity index (χ4v) is 2.49. The third-order valence-electron chi connectivity index (χ3n) is 3.72. The molecule has 3 heteroatoms. The lowest BCUT2D eigenvalue weighted by Crippen LogP contribution is -2.31. The summed E-state index contributed by atoms with van der Waals surface area (Å²) in [6.07, 6.45) is 1.99. The normalized spacial score (nSPS) is 14.7. The van der Waals surface area contributed by atoms with Gasteiger partial charge in [-0.05, 0) is 29.2 Å². The lowest BCUT2D eigenvalue weighted by atomic mass is 9.88. The molecule has 1 aliphatic rings. The molecule has 1 aliphatic heterocycles. The second-order valence-corrected chi connectivity index (χ2v) is 6.26. The molecule has 0 amide bonds. The van der Waals surface area contributed by atoms with Crippen molar-refractivity contribution in [3.63, 3.8) is 0 Å². The molecular formula is C17H21N3. The zero-order valence-corrected chi connectivity index (χ0v) is 12.4. The van der Waals surface area contributed by atoms with Crippen LogP contribution in [0.25, 0.3) is 0 Å². The molecule has 1 aromatic carbocycles. The highest BCUT2D eigenvalue weighted by Gasteiger charge is 2.22. The largest absolute Gasteiger partial charge is 0.367 e. The molecule has 3 nitrogen and oxygen atoms in total. The SMILES string of the molecule is CC(C)(C)c1cnc2c(c1)N(c1ccccc1)CCN2. The van der Waals surface area contributed by atoms with Gasteiger partial charge in [-0.2, -0.15) is 0 Å². The quantitative estimate of drug-likeness (QED) is 0.848. The number of nitrogens with zero attached hydrogens (tertiary/aromatic N) is 2. The second kappa shape index (κ2) is 4.82. The second-order valence-electron chi connectivity index (χ2n) is 6.26. The molecule has 0 fully saturated rings. The summed E-state index contributed by atoms with van der Waals surface area (Å²) in [5, 5.41) is 3.39. The van der Waals surface area contributed by atoms with Crippen molar-refractivity contribution in [2.45, 2.75) is 26.2 Å². The van der Waals surface area contributed by atoms with Crippen LogP contribution in [-0.4, -0.2) is 18.1 Å². The van der Waals surface area contributed by atoms with Crippen molar-refractivity contribution < 1.29 is 0 Å². The summed E-state index contributed by atoms with van der Waals surface area (Å²) >= 11 is 0. The molecule has 1 N–H and O–H groups in total. The molecule has 0 saturated heterocycles. The molecule has 1 aromatic heterocycles. The van der Waals surface area contributed by atoms with Crippen molar-refractivity contribution in [2.75, 3.05) is 23.3 Å². The van der Waals surface area contributed by atoms with Crippen LogP contribution in [0.2, 0.25) is 0 Å². The highest BCUT2D eigenvalue weighted by Crippen LogP contribution is 2.36. The number of benzene rings is 1. The number of aromatic nitrogens is 1. The van der Waals surface area contributed by atoms with Gasteiger partial charge < -0.3 is 10.2 Å². The Bertz CT molecular complexity index is 599. The van der Waals surface area contributed by atoms with E-state index >= 15 is 0 Å². The molecule has 0 aliphatic carbocycles. The maximum atomic E-state index is 4.61. The van der Waals surface area contributed by atoms with Crippen LogP contribution in [0.4, 0.5) is 17.2 Å². The predicted octanol–water partition coefficient (Wildman–Crippen LogP) is 3.94. The van der Waals surface area contributed by atoms with Gasteiger partial charge >= 0.3 is 0 Å². The molecule has 0 saturated carbocycles. The van der Waals surface area contributed by atoms with Gasteiger partial charge in [0.1, 0.15) is 5.82 Å². The van der Waals surface area contributed by atoms with E-state index in [0.29, 0.717) is 0 Å². The molecule has 104 valence electrons. The van der Waals surface area contributed by atoms with Gasteiger partial charge in [0.05, 0.1) is 5.69 Å². The Morgan fingerprint density at radius 2 is 1.90 bits per heavy atom. The number of hydrogen-bond acceptors (Lipinski definition) is 3. The van der Waals surface area contributed by atoms with E-state index in [9.17, 15) is 0 Å². The van der Waals surface area contributed by atoms with E-state index in [-0.39, 0.29) is 5.41 Å². The Morgan fingerprint density at radius 1 is 1.15 bits per heavy atom. The molecule has 3 rings (SSSR count). The van der Waals surface area contributed by atoms with E-state index in [0.717, 1.165) is 18.9 Å². The van der Waals surface area contributed by atoms with E-state index in [1.807, 2.05) is 6.20 Å². The van der Waals surface area contributed by atoms with E-state index in [4.69, 9.17) is 0 Å². The molecular weight excluding hydrogens is 246 g/mol. The van der Waals surface area contributed by atoms with Crippen LogP contribution in [-0.2, 0) is 5.41 Å². The number of anilines is 3. The topological polar surface area (TPSA) is 28.2 Å². The summed E-state index contributed by atoms with van der Waals surface area (Å²) in [5.41, 5.74) is 3.78. The van der Waals surface area contributed by atoms with E-state index < -0.39 is 0 Å². The van der Waals surface area contributed by atoms with Crippen molar-refractivity contribution >= 4 is 17.2 Å². The van der Waals surface area contributed by atoms with Crippen LogP contribution in [0.3, 0.4) is 0 Å². The predicted molar refractivity (Wildman–Crippen MR) is 84.9 cm³/mol. The van der Waals surface area contributed by atoms with Crippen LogP contribution in [0.1, 0.15) is 26.3 Å². The van der Waals surface area contributed by atoms with Crippen LogP contribution in [0.5, 0.6) is 0 Å². The summed E-state index contributed by atoms with van der Waals surface area (Å²) in [6.45, 7) is 8.55. The molecule has 2 aromatic rings. The van der Waals surface area contributed by atoms with Gasteiger partial charge in [0, 0.05) is 25.0 Å². The maximum absolute atomic E-state index is 4.61. The van der Waals surface area contributed by atoms with Gasteiger partial charge in [0.2, 0.25) is 0 Å². The minimum absolute atomic E-state index is 0.113. The van der Waals surface area contributed by atoms with Crippen molar-refractivity contribution in [2.24, 2.45) is 0 Å². The first-order chi connectivity index (χ1) is 9.55. The lowest BCUT2D eigenvalue weighted by Gasteiger charge is -2.33. The summed E-state index contributed by atoms with van der Waals surface area (Å²) < 4.78 is 0. The molecule has 0 spiro atoms. The summed E-state index contributed by atoms with van der Waals surface area (Å²) in [4.78, 5) is 6.95. The van der Waals surface area contributed by atoms with E-state index in [1.54, 1.807) is 0 Å². The Kier molecular flexibility index (Phi) is 3.13. The maximum Gasteiger partial charge on any atom is 0.150 e. The highest BCUT2D eigenvalue weighted by molar-refractivity contribution is 5.76. The minimum atomic E-state index is 0.113. The van der Waals surface area contributed by atoms with Gasteiger partial charge in [0.25, 0.3) is 0 Å². The molecule has 20 heavy (non-hydrogen) atoms. The molecule has 2 heterocycles. The van der Waals surface area contributed by atoms with Gasteiger partial charge in [-0.15, -0.1) is 0 Å². The third-order valence-corrected chi connectivity index (χ3v) is 3.72. The van der Waals surface area contributed by atoms with Crippen molar-refractivity contribution in [1.29, 1.82) is 0 Å². The smallest absolute Gasteiger partial charge is 0.150 e. The first kappa shape index (κ1) is 13.0. The monoisotopic (exact) mass is 267 g/mol. The van der Waals surface area contributed by atoms with Crippen molar-refractivity contribution in [1.82, 2.24) is 4.98 Å². The van der Waals surface area contributed by atoms with Crippen LogP contribution >= 0.6 is 0 Å². The van der Waals surface area contributed by atoms with Crippen LogP contribution in [0, 0.1) is 0 Å². The fraction of sp³-hybridized carbons (Fsp3) is 0.353. The molecule has 0 atom stereocenters. The third kappa shape index (κ3) is 2.36. The minimum Gasteiger partial charge on any atom is -0.367 e. The fourth-order valence-electron chi connectivity index (χ4n) is 2.49. The summed E-state index contributed by atoms with van der Waals surface area (Å²) in [6, 6.07) is 12.8. The lowest BCUT2D eigenvalue weighted by molar-refractivity contribution is 0.587. The number of pyridine rings is 1. The Labute approximate surface area is 120 Å². The van der Waals surface area contributed by atoms with E-state index in [2.05, 4.69) is 72.4 Å². The van der Waals surface area contributed by atoms with Gasteiger partial charge in [-0.25, -0.2) is 4.98 Å². The van der Waals surface area contributed by atoms with E-state index in [1.165, 1.54) is 16.9 Å². The molecule has 0 bridgehead atoms. The number of rotatable bonds is 1. The Morgan fingerprint density at radius 3 is 2.60 bits per heavy atom. The molecule has 0 radical (unpaired) electrons. The number of hydrogen-bond donors (Lipinski definition) is 1. The summed E-state index contributed by atoms with van der Waals surface area (Å²) in [7, 11) is 0. The zero-order chi connectivity index (χ0) is 14.2. The number of fused-ring (bicyclic) bond motifs is 1. The molecule has 0 unspecified atom stereocenters. The van der Waals surface area contributed by atoms with Gasteiger partial charge in [-0.3, -0.25) is 0 Å². The van der Waals surface area contributed by atoms with Crippen molar-refractivity contribution in [3.05, 3.63) is 48.2 Å². The first-order valence-electron chi connectivity index (χ1n) is 7.13. The number of nitrogens with one attached hydrogen (secondary N) is 1. The Balaban J connectivity index is 2.07. The van der Waals surface area contributed by atoms with Gasteiger partial charge in [-0.1, -0.05) is 39.0 Å². The van der Waals surface area contributed by atoms with Gasteiger partial charge in [0.15, 0.2) is 0 Å². The standard InChI is InChI=1S/C17H21N3/c1-17(2,3)13-11-15-16(19-12-13)18-9-10-20(15)14-7-5-4-6-8-14/h4-8,11-12H,9-10H2,1-3H3,(H,18,19). The van der Waals surface area contributed by atoms with Crippen LogP contribution < -0.4 is 10.2 Å². The van der Waals surface area contributed by atoms with Crippen LogP contribution in [0.15, 0.2) is 42.6 Å². The highest BCUT2D eigenvalue weighted by atomic mass is 15.2. The zero-order valence-electron chi connectivity index (χ0n) is 12.4.